The van der Waals surface area contributed by atoms with Crippen molar-refractivity contribution in [2.45, 2.75) is 23.9 Å². The molecule has 0 radical (unpaired) electrons. The molecule has 1 aliphatic heterocycles. The quantitative estimate of drug-likeness (QED) is 0.862. The molecular formula is C11H16N4O3S2. The van der Waals surface area contributed by atoms with Crippen LogP contribution >= 0.6 is 11.3 Å². The smallest absolute Gasteiger partial charge is 0.263 e. The van der Waals surface area contributed by atoms with Crippen molar-refractivity contribution in [3.63, 3.8) is 0 Å². The van der Waals surface area contributed by atoms with Crippen molar-refractivity contribution in [1.29, 1.82) is 0 Å². The molecule has 1 atom stereocenters. The van der Waals surface area contributed by atoms with Gasteiger partial charge in [0, 0.05) is 31.2 Å². The molecule has 9 heteroatoms. The molecule has 20 heavy (non-hydrogen) atoms. The molecule has 1 aliphatic rings. The lowest BCUT2D eigenvalue weighted by atomic mass is 10.2. The lowest BCUT2D eigenvalue weighted by Gasteiger charge is -2.22. The van der Waals surface area contributed by atoms with E-state index in [0.29, 0.717) is 23.7 Å². The zero-order valence-corrected chi connectivity index (χ0v) is 12.6. The summed E-state index contributed by atoms with van der Waals surface area (Å²) in [5.41, 5.74) is 0. The Morgan fingerprint density at radius 2 is 2.40 bits per heavy atom. The van der Waals surface area contributed by atoms with Gasteiger partial charge in [0.15, 0.2) is 15.8 Å². The van der Waals surface area contributed by atoms with Crippen LogP contribution in [0.25, 0.3) is 4.96 Å². The van der Waals surface area contributed by atoms with Crippen LogP contribution in [0.15, 0.2) is 16.6 Å². The van der Waals surface area contributed by atoms with Gasteiger partial charge in [-0.1, -0.05) is 0 Å². The molecule has 1 fully saturated rings. The minimum Gasteiger partial charge on any atom is -0.395 e. The number of thiazole rings is 1. The summed E-state index contributed by atoms with van der Waals surface area (Å²) in [6, 6.07) is -0.339. The summed E-state index contributed by atoms with van der Waals surface area (Å²) in [6.45, 7) is 0.286. The maximum Gasteiger partial charge on any atom is 0.263 e. The summed E-state index contributed by atoms with van der Waals surface area (Å²) in [5, 5.41) is 14.1. The van der Waals surface area contributed by atoms with Crippen LogP contribution in [0.5, 0.6) is 0 Å². The number of anilines is 1. The normalized spacial score (nSPS) is 20.8. The molecule has 0 saturated carbocycles. The van der Waals surface area contributed by atoms with Gasteiger partial charge in [-0.25, -0.2) is 13.4 Å². The highest BCUT2D eigenvalue weighted by Gasteiger charge is 2.38. The number of aliphatic hydroxyl groups excluding tert-OH is 1. The van der Waals surface area contributed by atoms with E-state index in [9.17, 15) is 13.5 Å². The maximum absolute atomic E-state index is 12.9. The van der Waals surface area contributed by atoms with E-state index in [1.165, 1.54) is 15.6 Å². The number of hydrogen-bond donors (Lipinski definition) is 2. The summed E-state index contributed by atoms with van der Waals surface area (Å²) in [4.78, 5) is 4.91. The average Bonchev–Trinajstić information content (AvgIpc) is 3.12. The van der Waals surface area contributed by atoms with E-state index in [1.54, 1.807) is 23.0 Å². The molecule has 2 aromatic heterocycles. The van der Waals surface area contributed by atoms with Crippen LogP contribution in [0.1, 0.15) is 12.8 Å². The van der Waals surface area contributed by atoms with Gasteiger partial charge in [0.05, 0.1) is 6.61 Å². The number of imidazole rings is 1. The molecule has 3 rings (SSSR count). The zero-order chi connectivity index (χ0) is 14.3. The van der Waals surface area contributed by atoms with E-state index < -0.39 is 10.0 Å². The third kappa shape index (κ3) is 1.93. The van der Waals surface area contributed by atoms with Crippen molar-refractivity contribution in [3.8, 4) is 0 Å². The third-order valence-electron chi connectivity index (χ3n) is 3.54. The molecule has 7 nitrogen and oxygen atoms in total. The van der Waals surface area contributed by atoms with Gasteiger partial charge in [0.1, 0.15) is 0 Å². The lowest BCUT2D eigenvalue weighted by molar-refractivity contribution is 0.213. The first-order chi connectivity index (χ1) is 9.59. The molecule has 0 aliphatic carbocycles. The van der Waals surface area contributed by atoms with Crippen molar-refractivity contribution >= 4 is 32.1 Å². The minimum atomic E-state index is -3.68. The highest BCUT2D eigenvalue weighted by atomic mass is 32.2. The van der Waals surface area contributed by atoms with Crippen molar-refractivity contribution < 1.29 is 13.5 Å². The SMILES string of the molecule is CNc1nc2sccn2c1S(=O)(=O)N1CCCC1CO. The van der Waals surface area contributed by atoms with Gasteiger partial charge in [-0.05, 0) is 12.8 Å². The largest absolute Gasteiger partial charge is 0.395 e. The summed E-state index contributed by atoms with van der Waals surface area (Å²) in [6.07, 6.45) is 3.16. The molecule has 2 N–H and O–H groups in total. The number of hydrogen-bond acceptors (Lipinski definition) is 6. The van der Waals surface area contributed by atoms with Crippen LogP contribution in [0, 0.1) is 0 Å². The second-order valence-electron chi connectivity index (χ2n) is 4.67. The van der Waals surface area contributed by atoms with Crippen molar-refractivity contribution in [3.05, 3.63) is 11.6 Å². The Balaban J connectivity index is 2.15. The van der Waals surface area contributed by atoms with Gasteiger partial charge >= 0.3 is 0 Å². The number of aliphatic hydroxyl groups is 1. The second kappa shape index (κ2) is 4.99. The van der Waals surface area contributed by atoms with Gasteiger partial charge in [-0.3, -0.25) is 4.40 Å². The fourth-order valence-corrected chi connectivity index (χ4v) is 5.31. The van der Waals surface area contributed by atoms with Crippen molar-refractivity contribution in [2.24, 2.45) is 0 Å². The van der Waals surface area contributed by atoms with E-state index in [0.717, 1.165) is 6.42 Å². The number of nitrogens with zero attached hydrogens (tertiary/aromatic N) is 3. The molecule has 1 saturated heterocycles. The summed E-state index contributed by atoms with van der Waals surface area (Å²) in [5.74, 6) is 0.348. The lowest BCUT2D eigenvalue weighted by Crippen LogP contribution is -2.38. The molecule has 2 aromatic rings. The predicted molar refractivity (Wildman–Crippen MR) is 76.6 cm³/mol. The monoisotopic (exact) mass is 316 g/mol. The molecule has 0 bridgehead atoms. The van der Waals surface area contributed by atoms with Gasteiger partial charge in [-0.2, -0.15) is 4.31 Å². The Bertz CT molecular complexity index is 721. The van der Waals surface area contributed by atoms with Crippen LogP contribution in [0.3, 0.4) is 0 Å². The zero-order valence-electron chi connectivity index (χ0n) is 11.0. The number of fused-ring (bicyclic) bond motifs is 1. The average molecular weight is 316 g/mol. The highest BCUT2D eigenvalue weighted by molar-refractivity contribution is 7.89. The first kappa shape index (κ1) is 13.8. The van der Waals surface area contributed by atoms with E-state index in [2.05, 4.69) is 10.3 Å². The molecule has 0 aromatic carbocycles. The molecule has 0 spiro atoms. The van der Waals surface area contributed by atoms with Crippen LogP contribution in [-0.4, -0.2) is 53.5 Å². The number of aromatic nitrogens is 2. The Morgan fingerprint density at radius 1 is 1.60 bits per heavy atom. The molecular weight excluding hydrogens is 300 g/mol. The summed E-state index contributed by atoms with van der Waals surface area (Å²) >= 11 is 1.38. The van der Waals surface area contributed by atoms with E-state index in [-0.39, 0.29) is 17.7 Å². The van der Waals surface area contributed by atoms with Crippen LogP contribution in [-0.2, 0) is 10.0 Å². The highest BCUT2D eigenvalue weighted by Crippen LogP contribution is 2.31. The van der Waals surface area contributed by atoms with E-state index >= 15 is 0 Å². The van der Waals surface area contributed by atoms with Crippen molar-refractivity contribution in [2.75, 3.05) is 25.5 Å². The number of rotatable bonds is 4. The van der Waals surface area contributed by atoms with Crippen molar-refractivity contribution in [1.82, 2.24) is 13.7 Å². The second-order valence-corrected chi connectivity index (χ2v) is 7.34. The first-order valence-electron chi connectivity index (χ1n) is 6.35. The Kier molecular flexibility index (Phi) is 3.44. The first-order valence-corrected chi connectivity index (χ1v) is 8.67. The van der Waals surface area contributed by atoms with Crippen LogP contribution < -0.4 is 5.32 Å². The number of sulfonamides is 1. The number of nitrogens with one attached hydrogen (secondary N) is 1. The van der Waals surface area contributed by atoms with Gasteiger partial charge in [-0.15, -0.1) is 11.3 Å². The summed E-state index contributed by atoms with van der Waals surface area (Å²) < 4.78 is 28.7. The Morgan fingerprint density at radius 3 is 3.10 bits per heavy atom. The fraction of sp³-hybridized carbons (Fsp3) is 0.545. The summed E-state index contributed by atoms with van der Waals surface area (Å²) in [7, 11) is -2.03. The topological polar surface area (TPSA) is 86.9 Å². The van der Waals surface area contributed by atoms with Gasteiger partial charge in [0.25, 0.3) is 10.0 Å². The van der Waals surface area contributed by atoms with Gasteiger partial charge in [0.2, 0.25) is 0 Å². The molecule has 1 unspecified atom stereocenters. The molecule has 110 valence electrons. The Hall–Kier alpha value is -1.16. The minimum absolute atomic E-state index is 0.150. The van der Waals surface area contributed by atoms with E-state index in [1.807, 2.05) is 0 Å². The fourth-order valence-electron chi connectivity index (χ4n) is 2.59. The third-order valence-corrected chi connectivity index (χ3v) is 6.28. The molecule has 0 amide bonds. The van der Waals surface area contributed by atoms with E-state index in [4.69, 9.17) is 0 Å². The van der Waals surface area contributed by atoms with Crippen LogP contribution in [0.2, 0.25) is 0 Å². The predicted octanol–water partition coefficient (Wildman–Crippen LogP) is 0.583. The Labute approximate surface area is 120 Å². The standard InChI is InChI=1S/C11H16N4O3S2/c1-12-9-10(14-5-6-19-11(14)13-9)20(17,18)15-4-2-3-8(15)7-16/h5-6,8,12,16H,2-4,7H2,1H3. The van der Waals surface area contributed by atoms with Gasteiger partial charge < -0.3 is 10.4 Å². The maximum atomic E-state index is 12.9. The molecule has 3 heterocycles. The van der Waals surface area contributed by atoms with Crippen LogP contribution in [0.4, 0.5) is 5.82 Å².